The van der Waals surface area contributed by atoms with Gasteiger partial charge in [-0.2, -0.15) is 0 Å². The number of aromatic nitrogens is 1. The van der Waals surface area contributed by atoms with Gasteiger partial charge < -0.3 is 19.3 Å². The summed E-state index contributed by atoms with van der Waals surface area (Å²) in [5.41, 5.74) is -0.193. The number of halogens is 1. The van der Waals surface area contributed by atoms with Crippen molar-refractivity contribution in [3.63, 3.8) is 0 Å². The van der Waals surface area contributed by atoms with Crippen molar-refractivity contribution in [2.45, 2.75) is 31.9 Å². The predicted octanol–water partition coefficient (Wildman–Crippen LogP) is 1.88. The van der Waals surface area contributed by atoms with E-state index in [4.69, 9.17) is 4.74 Å². The molecule has 20 heavy (non-hydrogen) atoms. The van der Waals surface area contributed by atoms with Crippen LogP contribution in [0.5, 0.6) is 0 Å². The summed E-state index contributed by atoms with van der Waals surface area (Å²) in [6.45, 7) is 4.17. The van der Waals surface area contributed by atoms with Crippen molar-refractivity contribution in [2.75, 3.05) is 26.8 Å². The number of amides is 1. The van der Waals surface area contributed by atoms with Crippen LogP contribution in [0, 0.1) is 0 Å². The Morgan fingerprint density at radius 3 is 2.80 bits per heavy atom. The minimum Gasteiger partial charge on any atom is -0.388 e. The van der Waals surface area contributed by atoms with Crippen LogP contribution in [0.4, 0.5) is 0 Å². The average molecular weight is 345 g/mol. The molecule has 5 nitrogen and oxygen atoms in total. The number of nitrogens with zero attached hydrogens (tertiary/aromatic N) is 2. The molecule has 0 aliphatic carbocycles. The van der Waals surface area contributed by atoms with Gasteiger partial charge in [0.05, 0.1) is 5.60 Å². The molecular weight excluding hydrogens is 324 g/mol. The van der Waals surface area contributed by atoms with Crippen molar-refractivity contribution in [2.24, 2.45) is 0 Å². The van der Waals surface area contributed by atoms with Crippen molar-refractivity contribution in [1.82, 2.24) is 9.47 Å². The Balaban J connectivity index is 2.08. The first-order valence-corrected chi connectivity index (χ1v) is 7.66. The fourth-order valence-electron chi connectivity index (χ4n) is 2.53. The van der Waals surface area contributed by atoms with Crippen LogP contribution in [0.15, 0.2) is 16.7 Å². The van der Waals surface area contributed by atoms with Crippen LogP contribution in [-0.4, -0.2) is 52.9 Å². The number of rotatable bonds is 4. The second-order valence-electron chi connectivity index (χ2n) is 5.33. The normalized spacial score (nSPS) is 18.0. The highest BCUT2D eigenvalue weighted by atomic mass is 79.9. The zero-order chi connectivity index (χ0) is 14.8. The molecule has 0 bridgehead atoms. The van der Waals surface area contributed by atoms with E-state index >= 15 is 0 Å². The molecule has 0 unspecified atom stereocenters. The quantitative estimate of drug-likeness (QED) is 0.907. The van der Waals surface area contributed by atoms with Gasteiger partial charge in [-0.15, -0.1) is 0 Å². The minimum atomic E-state index is -0.830. The number of hydrogen-bond acceptors (Lipinski definition) is 3. The molecule has 1 amide bonds. The summed E-state index contributed by atoms with van der Waals surface area (Å²) in [6, 6.07) is 1.82. The van der Waals surface area contributed by atoms with Gasteiger partial charge >= 0.3 is 0 Å². The Bertz CT molecular complexity index is 481. The molecule has 1 aromatic heterocycles. The number of aliphatic hydroxyl groups is 1. The third-order valence-electron chi connectivity index (χ3n) is 3.72. The molecule has 2 rings (SSSR count). The maximum atomic E-state index is 12.5. The minimum absolute atomic E-state index is 0.0718. The highest BCUT2D eigenvalue weighted by Gasteiger charge is 2.33. The monoisotopic (exact) mass is 344 g/mol. The van der Waals surface area contributed by atoms with E-state index < -0.39 is 5.60 Å². The maximum absolute atomic E-state index is 12.5. The van der Waals surface area contributed by atoms with Gasteiger partial charge in [-0.05, 0) is 28.9 Å². The molecule has 1 aliphatic rings. The zero-order valence-electron chi connectivity index (χ0n) is 11.9. The first-order valence-electron chi connectivity index (χ1n) is 6.86. The molecule has 0 radical (unpaired) electrons. The lowest BCUT2D eigenvalue weighted by Crippen LogP contribution is -2.47. The van der Waals surface area contributed by atoms with E-state index in [1.54, 1.807) is 11.9 Å². The lowest BCUT2D eigenvalue weighted by Gasteiger charge is -2.35. The van der Waals surface area contributed by atoms with Crippen LogP contribution in [-0.2, 0) is 11.3 Å². The first kappa shape index (κ1) is 15.5. The summed E-state index contributed by atoms with van der Waals surface area (Å²) in [6.07, 6.45) is 3.04. The van der Waals surface area contributed by atoms with Gasteiger partial charge in [-0.3, -0.25) is 4.79 Å². The van der Waals surface area contributed by atoms with E-state index in [-0.39, 0.29) is 5.91 Å². The summed E-state index contributed by atoms with van der Waals surface area (Å²) in [7, 11) is 1.73. The van der Waals surface area contributed by atoms with Gasteiger partial charge in [0.15, 0.2) is 0 Å². The molecular formula is C14H21BrN2O3. The Labute approximate surface area is 127 Å². The summed E-state index contributed by atoms with van der Waals surface area (Å²) in [4.78, 5) is 14.1. The first-order chi connectivity index (χ1) is 9.45. The maximum Gasteiger partial charge on any atom is 0.270 e. The molecule has 1 aliphatic heterocycles. The summed E-state index contributed by atoms with van der Waals surface area (Å²) in [5.74, 6) is -0.0718. The largest absolute Gasteiger partial charge is 0.388 e. The number of ether oxygens (including phenoxy) is 1. The van der Waals surface area contributed by atoms with Gasteiger partial charge in [-0.25, -0.2) is 0 Å². The van der Waals surface area contributed by atoms with Crippen molar-refractivity contribution < 1.29 is 14.6 Å². The molecule has 1 fully saturated rings. The van der Waals surface area contributed by atoms with Gasteiger partial charge in [0.2, 0.25) is 0 Å². The van der Waals surface area contributed by atoms with Crippen LogP contribution >= 0.6 is 15.9 Å². The third kappa shape index (κ3) is 3.42. The van der Waals surface area contributed by atoms with Crippen molar-refractivity contribution in [1.29, 1.82) is 0 Å². The standard InChI is InChI=1S/C14H21BrN2O3/c1-3-17-9-11(15)8-12(17)13(18)16(2)10-14(19)4-6-20-7-5-14/h8-9,19H,3-7,10H2,1-2H3. The average Bonchev–Trinajstić information content (AvgIpc) is 2.79. The molecule has 0 spiro atoms. The number of carbonyl (C=O) groups is 1. The van der Waals surface area contributed by atoms with Gasteiger partial charge in [0.1, 0.15) is 5.69 Å². The molecule has 6 heteroatoms. The van der Waals surface area contributed by atoms with Crippen molar-refractivity contribution >= 4 is 21.8 Å². The van der Waals surface area contributed by atoms with Crippen molar-refractivity contribution in [3.8, 4) is 0 Å². The van der Waals surface area contributed by atoms with E-state index in [9.17, 15) is 9.90 Å². The Morgan fingerprint density at radius 2 is 2.20 bits per heavy atom. The number of likely N-dealkylation sites (N-methyl/N-ethyl adjacent to an activating group) is 1. The molecule has 0 saturated carbocycles. The van der Waals surface area contributed by atoms with E-state index in [1.165, 1.54) is 0 Å². The number of carbonyl (C=O) groups excluding carboxylic acids is 1. The lowest BCUT2D eigenvalue weighted by atomic mass is 9.94. The molecule has 1 aromatic rings. The molecule has 0 atom stereocenters. The summed E-state index contributed by atoms with van der Waals surface area (Å²) in [5, 5.41) is 10.5. The molecule has 1 saturated heterocycles. The topological polar surface area (TPSA) is 54.7 Å². The molecule has 1 N–H and O–H groups in total. The Kier molecular flexibility index (Phi) is 4.88. The molecule has 2 heterocycles. The molecule has 112 valence electrons. The SMILES string of the molecule is CCn1cc(Br)cc1C(=O)N(C)CC1(O)CCOCC1. The zero-order valence-corrected chi connectivity index (χ0v) is 13.5. The second kappa shape index (κ2) is 6.28. The van der Waals surface area contributed by atoms with Crippen LogP contribution in [0.1, 0.15) is 30.3 Å². The van der Waals surface area contributed by atoms with E-state index in [0.717, 1.165) is 11.0 Å². The van der Waals surface area contributed by atoms with Gasteiger partial charge in [0.25, 0.3) is 5.91 Å². The number of aryl methyl sites for hydroxylation is 1. The Hall–Kier alpha value is -0.850. The highest BCUT2D eigenvalue weighted by molar-refractivity contribution is 9.10. The molecule has 0 aromatic carbocycles. The van der Waals surface area contributed by atoms with Crippen LogP contribution < -0.4 is 0 Å². The second-order valence-corrected chi connectivity index (χ2v) is 6.24. The van der Waals surface area contributed by atoms with Gasteiger partial charge in [-0.1, -0.05) is 0 Å². The summed E-state index contributed by atoms with van der Waals surface area (Å²) >= 11 is 3.39. The van der Waals surface area contributed by atoms with Crippen LogP contribution in [0.2, 0.25) is 0 Å². The van der Waals surface area contributed by atoms with E-state index in [2.05, 4.69) is 15.9 Å². The third-order valence-corrected chi connectivity index (χ3v) is 4.16. The van der Waals surface area contributed by atoms with Crippen molar-refractivity contribution in [3.05, 3.63) is 22.4 Å². The Morgan fingerprint density at radius 1 is 1.55 bits per heavy atom. The van der Waals surface area contributed by atoms with E-state index in [0.29, 0.717) is 38.3 Å². The van der Waals surface area contributed by atoms with Crippen LogP contribution in [0.3, 0.4) is 0 Å². The van der Waals surface area contributed by atoms with E-state index in [1.807, 2.05) is 23.8 Å². The highest BCUT2D eigenvalue weighted by Crippen LogP contribution is 2.23. The fraction of sp³-hybridized carbons (Fsp3) is 0.643. The number of hydrogen-bond donors (Lipinski definition) is 1. The van der Waals surface area contributed by atoms with Gasteiger partial charge in [0, 0.05) is 56.9 Å². The predicted molar refractivity (Wildman–Crippen MR) is 79.8 cm³/mol. The summed E-state index contributed by atoms with van der Waals surface area (Å²) < 4.78 is 8.05. The fourth-order valence-corrected chi connectivity index (χ4v) is 3.00. The lowest BCUT2D eigenvalue weighted by molar-refractivity contribution is -0.0735. The smallest absolute Gasteiger partial charge is 0.270 e. The van der Waals surface area contributed by atoms with Crippen LogP contribution in [0.25, 0.3) is 0 Å².